The van der Waals surface area contributed by atoms with Gasteiger partial charge in [0.25, 0.3) is 6.69 Å². The molecular formula is C9H11BCl. The molecule has 0 aliphatic rings. The average molecular weight is 165 g/mol. The molecule has 0 atom stereocenters. The minimum absolute atomic E-state index is 0.597. The van der Waals surface area contributed by atoms with E-state index in [1.54, 1.807) is 6.69 Å². The van der Waals surface area contributed by atoms with Crippen LogP contribution in [0.25, 0.3) is 0 Å². The lowest BCUT2D eigenvalue weighted by atomic mass is 9.92. The van der Waals surface area contributed by atoms with Gasteiger partial charge in [0.05, 0.1) is 0 Å². The van der Waals surface area contributed by atoms with Crippen LogP contribution in [0.15, 0.2) is 24.3 Å². The SMILES string of the molecule is CC(C)c1ccc([B]Cl)cc1. The lowest BCUT2D eigenvalue weighted by molar-refractivity contribution is 0.867. The van der Waals surface area contributed by atoms with Crippen molar-refractivity contribution in [3.63, 3.8) is 0 Å². The molecule has 1 aromatic carbocycles. The van der Waals surface area contributed by atoms with E-state index in [9.17, 15) is 0 Å². The zero-order valence-electron chi connectivity index (χ0n) is 6.84. The van der Waals surface area contributed by atoms with Crippen molar-refractivity contribution in [2.45, 2.75) is 19.8 Å². The third kappa shape index (κ3) is 2.26. The topological polar surface area (TPSA) is 0 Å². The van der Waals surface area contributed by atoms with E-state index in [4.69, 9.17) is 11.5 Å². The van der Waals surface area contributed by atoms with Gasteiger partial charge in [-0.05, 0) is 11.5 Å². The van der Waals surface area contributed by atoms with Gasteiger partial charge in [0.2, 0.25) is 0 Å². The normalized spacial score (nSPS) is 10.2. The maximum Gasteiger partial charge on any atom is 0.275 e. The Labute approximate surface area is 73.7 Å². The fourth-order valence-corrected chi connectivity index (χ4v) is 1.10. The molecule has 0 spiro atoms. The summed E-state index contributed by atoms with van der Waals surface area (Å²) in [6, 6.07) is 8.28. The van der Waals surface area contributed by atoms with Gasteiger partial charge in [-0.3, -0.25) is 0 Å². The highest BCUT2D eigenvalue weighted by molar-refractivity contribution is 7.01. The number of halogens is 1. The highest BCUT2D eigenvalue weighted by Crippen LogP contribution is 2.11. The molecule has 1 radical (unpaired) electrons. The van der Waals surface area contributed by atoms with Gasteiger partial charge in [0.1, 0.15) is 0 Å². The van der Waals surface area contributed by atoms with Crippen molar-refractivity contribution in [1.82, 2.24) is 0 Å². The summed E-state index contributed by atoms with van der Waals surface area (Å²) < 4.78 is 0. The molecule has 0 amide bonds. The van der Waals surface area contributed by atoms with E-state index in [-0.39, 0.29) is 0 Å². The van der Waals surface area contributed by atoms with Gasteiger partial charge < -0.3 is 0 Å². The van der Waals surface area contributed by atoms with Crippen molar-refractivity contribution >= 4 is 23.6 Å². The lowest BCUT2D eigenvalue weighted by Gasteiger charge is -2.04. The first kappa shape index (κ1) is 8.67. The van der Waals surface area contributed by atoms with E-state index < -0.39 is 0 Å². The Hall–Kier alpha value is -0.425. The summed E-state index contributed by atoms with van der Waals surface area (Å²) >= 11 is 5.53. The third-order valence-corrected chi connectivity index (χ3v) is 1.98. The molecule has 0 aliphatic carbocycles. The number of hydrogen-bond donors (Lipinski definition) is 0. The minimum Gasteiger partial charge on any atom is -0.197 e. The van der Waals surface area contributed by atoms with E-state index in [0.717, 1.165) is 5.46 Å². The molecule has 0 bridgehead atoms. The fourth-order valence-electron chi connectivity index (χ4n) is 0.954. The molecule has 0 heterocycles. The van der Waals surface area contributed by atoms with Gasteiger partial charge in [-0.1, -0.05) is 43.6 Å². The molecule has 0 saturated carbocycles. The Balaban J connectivity index is 2.83. The summed E-state index contributed by atoms with van der Waals surface area (Å²) in [5.74, 6) is 0.597. The van der Waals surface area contributed by atoms with Crippen LogP contribution in [0, 0.1) is 0 Å². The van der Waals surface area contributed by atoms with Crippen LogP contribution in [-0.2, 0) is 0 Å². The second-order valence-electron chi connectivity index (χ2n) is 2.93. The summed E-state index contributed by atoms with van der Waals surface area (Å²) in [5.41, 5.74) is 2.42. The van der Waals surface area contributed by atoms with Gasteiger partial charge in [0, 0.05) is 0 Å². The predicted molar refractivity (Wildman–Crippen MR) is 51.8 cm³/mol. The molecule has 57 valence electrons. The number of rotatable bonds is 2. The molecule has 0 saturated heterocycles. The molecule has 0 fully saturated rings. The van der Waals surface area contributed by atoms with Gasteiger partial charge in [0.15, 0.2) is 0 Å². The minimum atomic E-state index is 0.597. The first-order valence-corrected chi connectivity index (χ1v) is 4.21. The van der Waals surface area contributed by atoms with Crippen LogP contribution in [0.1, 0.15) is 25.3 Å². The molecule has 0 aromatic heterocycles. The summed E-state index contributed by atoms with van der Waals surface area (Å²) in [4.78, 5) is 0. The van der Waals surface area contributed by atoms with Crippen molar-refractivity contribution in [3.05, 3.63) is 29.8 Å². The number of hydrogen-bond acceptors (Lipinski definition) is 0. The Bertz CT molecular complexity index is 216. The van der Waals surface area contributed by atoms with Crippen molar-refractivity contribution in [2.75, 3.05) is 0 Å². The third-order valence-electron chi connectivity index (χ3n) is 1.73. The van der Waals surface area contributed by atoms with Crippen molar-refractivity contribution < 1.29 is 0 Å². The van der Waals surface area contributed by atoms with Gasteiger partial charge in [-0.2, -0.15) is 11.5 Å². The van der Waals surface area contributed by atoms with Crippen LogP contribution < -0.4 is 5.46 Å². The van der Waals surface area contributed by atoms with Crippen LogP contribution in [0.3, 0.4) is 0 Å². The Kier molecular flexibility index (Phi) is 3.01. The second kappa shape index (κ2) is 3.82. The van der Waals surface area contributed by atoms with Crippen molar-refractivity contribution in [3.8, 4) is 0 Å². The average Bonchev–Trinajstić information content (AvgIpc) is 2.05. The van der Waals surface area contributed by atoms with Crippen LogP contribution >= 0.6 is 11.5 Å². The zero-order chi connectivity index (χ0) is 8.27. The van der Waals surface area contributed by atoms with E-state index in [2.05, 4.69) is 26.0 Å². The first-order valence-electron chi connectivity index (χ1n) is 3.77. The highest BCUT2D eigenvalue weighted by Gasteiger charge is 1.97. The highest BCUT2D eigenvalue weighted by atomic mass is 35.5. The molecule has 11 heavy (non-hydrogen) atoms. The molecule has 0 N–H and O–H groups in total. The zero-order valence-corrected chi connectivity index (χ0v) is 7.60. The smallest absolute Gasteiger partial charge is 0.197 e. The summed E-state index contributed by atoms with van der Waals surface area (Å²) in [5, 5.41) is 0. The first-order chi connectivity index (χ1) is 5.24. The Morgan fingerprint density at radius 1 is 1.18 bits per heavy atom. The molecule has 0 nitrogen and oxygen atoms in total. The van der Waals surface area contributed by atoms with Gasteiger partial charge in [-0.25, -0.2) is 0 Å². The molecule has 1 rings (SSSR count). The molecule has 0 aliphatic heterocycles. The molecule has 0 unspecified atom stereocenters. The quantitative estimate of drug-likeness (QED) is 0.590. The largest absolute Gasteiger partial charge is 0.275 e. The standard InChI is InChI=1S/C9H11BCl/c1-7(2)8-3-5-9(10-11)6-4-8/h3-7H,1-2H3. The van der Waals surface area contributed by atoms with E-state index >= 15 is 0 Å². The Morgan fingerprint density at radius 2 is 1.73 bits per heavy atom. The van der Waals surface area contributed by atoms with E-state index in [1.807, 2.05) is 12.1 Å². The molecule has 1 aromatic rings. The van der Waals surface area contributed by atoms with Crippen molar-refractivity contribution in [2.24, 2.45) is 0 Å². The Morgan fingerprint density at radius 3 is 2.09 bits per heavy atom. The molecule has 2 heteroatoms. The van der Waals surface area contributed by atoms with Crippen molar-refractivity contribution in [1.29, 1.82) is 0 Å². The summed E-state index contributed by atoms with van der Waals surface area (Å²) in [6.07, 6.45) is 0. The monoisotopic (exact) mass is 165 g/mol. The van der Waals surface area contributed by atoms with Crippen LogP contribution in [0.5, 0.6) is 0 Å². The number of benzene rings is 1. The fraction of sp³-hybridized carbons (Fsp3) is 0.333. The second-order valence-corrected chi connectivity index (χ2v) is 3.15. The maximum atomic E-state index is 5.53. The van der Waals surface area contributed by atoms with Crippen LogP contribution in [0.4, 0.5) is 0 Å². The van der Waals surface area contributed by atoms with Crippen LogP contribution in [0.2, 0.25) is 0 Å². The maximum absolute atomic E-state index is 5.53. The lowest BCUT2D eigenvalue weighted by Crippen LogP contribution is -2.07. The molecular weight excluding hydrogens is 154 g/mol. The van der Waals surface area contributed by atoms with Gasteiger partial charge >= 0.3 is 0 Å². The van der Waals surface area contributed by atoms with Gasteiger partial charge in [-0.15, -0.1) is 0 Å². The predicted octanol–water partition coefficient (Wildman–Crippen LogP) is 2.29. The van der Waals surface area contributed by atoms with Crippen LogP contribution in [-0.4, -0.2) is 6.69 Å². The summed E-state index contributed by atoms with van der Waals surface area (Å²) in [7, 11) is 0. The summed E-state index contributed by atoms with van der Waals surface area (Å²) in [6.45, 7) is 5.95. The van der Waals surface area contributed by atoms with E-state index in [0.29, 0.717) is 5.92 Å². The van der Waals surface area contributed by atoms with E-state index in [1.165, 1.54) is 5.56 Å².